The maximum atomic E-state index is 14.0. The van der Waals surface area contributed by atoms with Gasteiger partial charge in [0.25, 0.3) is 5.91 Å². The monoisotopic (exact) mass is 479 g/mol. The Morgan fingerprint density at radius 1 is 1.20 bits per heavy atom. The van der Waals surface area contributed by atoms with Gasteiger partial charge < -0.3 is 24.1 Å². The minimum absolute atomic E-state index is 0.0605. The maximum Gasteiger partial charge on any atom is 0.255 e. The molecule has 0 aliphatic carbocycles. The third-order valence-electron chi connectivity index (χ3n) is 6.62. The van der Waals surface area contributed by atoms with Gasteiger partial charge in [-0.05, 0) is 75.6 Å². The van der Waals surface area contributed by atoms with E-state index in [2.05, 4.69) is 16.0 Å². The zero-order chi connectivity index (χ0) is 25.0. The van der Waals surface area contributed by atoms with Crippen LogP contribution in [0.1, 0.15) is 39.8 Å². The molecule has 1 atom stereocenters. The Morgan fingerprint density at radius 2 is 2.00 bits per heavy atom. The number of halogens is 1. The highest BCUT2D eigenvalue weighted by Gasteiger charge is 2.51. The van der Waals surface area contributed by atoms with Gasteiger partial charge in [0.2, 0.25) is 0 Å². The fraction of sp³-hybridized carbons (Fsp3) is 0.407. The first-order valence-electron chi connectivity index (χ1n) is 11.8. The van der Waals surface area contributed by atoms with Crippen LogP contribution in [0.2, 0.25) is 0 Å². The highest BCUT2D eigenvalue weighted by atomic mass is 19.1. The topological polar surface area (TPSA) is 76.7 Å². The maximum absolute atomic E-state index is 14.0. The lowest BCUT2D eigenvalue weighted by Crippen LogP contribution is -2.49. The number of hydrogen-bond donors (Lipinski definition) is 1. The number of aromatic amines is 1. The fourth-order valence-electron chi connectivity index (χ4n) is 5.09. The fourth-order valence-corrected chi connectivity index (χ4v) is 5.09. The molecule has 1 saturated heterocycles. The predicted octanol–water partition coefficient (Wildman–Crippen LogP) is 4.92. The molecule has 35 heavy (non-hydrogen) atoms. The van der Waals surface area contributed by atoms with Crippen LogP contribution in [0, 0.1) is 5.82 Å². The predicted molar refractivity (Wildman–Crippen MR) is 131 cm³/mol. The van der Waals surface area contributed by atoms with E-state index in [4.69, 9.17) is 14.2 Å². The molecule has 2 aromatic heterocycles. The molecular formula is C27H30FN3O4. The average molecular weight is 480 g/mol. The Hall–Kier alpha value is -3.23. The van der Waals surface area contributed by atoms with Crippen LogP contribution < -0.4 is 4.74 Å². The van der Waals surface area contributed by atoms with Gasteiger partial charge in [0.15, 0.2) is 11.9 Å². The second kappa shape index (κ2) is 8.46. The number of pyridine rings is 1. The van der Waals surface area contributed by atoms with E-state index in [1.807, 2.05) is 44.7 Å². The molecule has 0 saturated carbocycles. The van der Waals surface area contributed by atoms with Crippen molar-refractivity contribution in [3.05, 3.63) is 54.1 Å². The lowest BCUT2D eigenvalue weighted by atomic mass is 9.98. The number of nitrogens with zero attached hydrogens (tertiary/aromatic N) is 2. The number of H-pyrrole nitrogens is 1. The molecule has 2 aliphatic heterocycles. The van der Waals surface area contributed by atoms with Crippen molar-refractivity contribution in [2.45, 2.75) is 51.6 Å². The number of fused-ring (bicyclic) bond motifs is 1. The molecule has 8 heteroatoms. The van der Waals surface area contributed by atoms with Crippen LogP contribution in [0.5, 0.6) is 5.75 Å². The van der Waals surface area contributed by atoms with E-state index in [0.717, 1.165) is 22.2 Å². The number of hydrogen-bond acceptors (Lipinski definition) is 5. The highest BCUT2D eigenvalue weighted by Crippen LogP contribution is 2.38. The van der Waals surface area contributed by atoms with Gasteiger partial charge in [-0.2, -0.15) is 0 Å². The summed E-state index contributed by atoms with van der Waals surface area (Å²) in [5, 5.41) is 0.881. The normalized spacial score (nSPS) is 21.3. The molecule has 1 fully saturated rings. The van der Waals surface area contributed by atoms with Crippen molar-refractivity contribution in [2.24, 2.45) is 0 Å². The zero-order valence-corrected chi connectivity index (χ0v) is 20.6. The first kappa shape index (κ1) is 23.5. The van der Waals surface area contributed by atoms with E-state index in [1.165, 1.54) is 12.1 Å². The van der Waals surface area contributed by atoms with E-state index < -0.39 is 17.5 Å². The summed E-state index contributed by atoms with van der Waals surface area (Å²) in [5.41, 5.74) is 3.57. The summed E-state index contributed by atoms with van der Waals surface area (Å²) < 4.78 is 31.4. The van der Waals surface area contributed by atoms with Crippen molar-refractivity contribution in [3.8, 4) is 16.9 Å². The van der Waals surface area contributed by atoms with Crippen molar-refractivity contribution in [3.63, 3.8) is 0 Å². The lowest BCUT2D eigenvalue weighted by molar-refractivity contribution is -0.164. The quantitative estimate of drug-likeness (QED) is 0.575. The number of carbonyl (C=O) groups excluding carboxylic acids is 1. The Morgan fingerprint density at radius 3 is 2.66 bits per heavy atom. The third kappa shape index (κ3) is 4.32. The lowest BCUT2D eigenvalue weighted by Gasteiger charge is -2.31. The van der Waals surface area contributed by atoms with Crippen LogP contribution in [0.25, 0.3) is 27.7 Å². The average Bonchev–Trinajstić information content (AvgIpc) is 3.35. The SMILES string of the molecule is COc1ccc(F)cc1-c1ccnc2[nH]c(C3=CCN(C(=O)[C@@H]4OC(C)(C)OC4(C)C)CC3)cc12. The van der Waals surface area contributed by atoms with Crippen LogP contribution in [0.4, 0.5) is 4.39 Å². The molecule has 5 rings (SSSR count). The minimum Gasteiger partial charge on any atom is -0.496 e. The molecular weight excluding hydrogens is 449 g/mol. The van der Waals surface area contributed by atoms with Gasteiger partial charge >= 0.3 is 0 Å². The van der Waals surface area contributed by atoms with Gasteiger partial charge in [-0.25, -0.2) is 9.37 Å². The Bertz CT molecular complexity index is 1330. The molecule has 1 amide bonds. The smallest absolute Gasteiger partial charge is 0.255 e. The first-order chi connectivity index (χ1) is 16.6. The molecule has 3 aromatic rings. The second-order valence-electron chi connectivity index (χ2n) is 10.0. The van der Waals surface area contributed by atoms with Crippen molar-refractivity contribution in [1.29, 1.82) is 0 Å². The van der Waals surface area contributed by atoms with Crippen molar-refractivity contribution in [1.82, 2.24) is 14.9 Å². The molecule has 0 unspecified atom stereocenters. The molecule has 2 aliphatic rings. The molecule has 184 valence electrons. The van der Waals surface area contributed by atoms with Crippen LogP contribution in [-0.4, -0.2) is 58.5 Å². The molecule has 0 radical (unpaired) electrons. The van der Waals surface area contributed by atoms with Gasteiger partial charge in [-0.3, -0.25) is 4.79 Å². The van der Waals surface area contributed by atoms with E-state index in [0.29, 0.717) is 36.5 Å². The zero-order valence-electron chi connectivity index (χ0n) is 20.6. The van der Waals surface area contributed by atoms with E-state index in [-0.39, 0.29) is 11.7 Å². The van der Waals surface area contributed by atoms with Crippen LogP contribution in [-0.2, 0) is 14.3 Å². The summed E-state index contributed by atoms with van der Waals surface area (Å²) in [6.45, 7) is 8.49. The number of aromatic nitrogens is 2. The van der Waals surface area contributed by atoms with E-state index in [1.54, 1.807) is 19.4 Å². The Balaban J connectivity index is 1.41. The number of benzene rings is 1. The number of amides is 1. The minimum atomic E-state index is -0.792. The Kier molecular flexibility index (Phi) is 5.68. The van der Waals surface area contributed by atoms with Gasteiger partial charge in [0, 0.05) is 35.9 Å². The molecule has 1 N–H and O–H groups in total. The molecule has 4 heterocycles. The van der Waals surface area contributed by atoms with Gasteiger partial charge in [-0.1, -0.05) is 6.08 Å². The third-order valence-corrected chi connectivity index (χ3v) is 6.62. The van der Waals surface area contributed by atoms with Crippen molar-refractivity contribution < 1.29 is 23.4 Å². The molecule has 0 bridgehead atoms. The Labute approximate surface area is 203 Å². The van der Waals surface area contributed by atoms with E-state index >= 15 is 0 Å². The van der Waals surface area contributed by atoms with Gasteiger partial charge in [0.05, 0.1) is 7.11 Å². The number of carbonyl (C=O) groups is 1. The van der Waals surface area contributed by atoms with Crippen LogP contribution >= 0.6 is 0 Å². The number of ether oxygens (including phenoxy) is 3. The standard InChI is InChI=1S/C27H30FN3O4/c1-26(2)23(34-27(3,4)35-26)25(32)31-12-9-16(10-13-31)21-15-20-18(8-11-29-24(20)30-21)19-14-17(28)6-7-22(19)33-5/h6-9,11,14-15,23H,10,12-13H2,1-5H3,(H,29,30)/t23-/m0/s1. The van der Waals surface area contributed by atoms with Gasteiger partial charge in [-0.15, -0.1) is 0 Å². The number of nitrogens with one attached hydrogen (secondary N) is 1. The number of methoxy groups -OCH3 is 1. The molecule has 0 spiro atoms. The van der Waals surface area contributed by atoms with Crippen LogP contribution in [0.15, 0.2) is 42.6 Å². The summed E-state index contributed by atoms with van der Waals surface area (Å²) in [5.74, 6) is -0.587. The van der Waals surface area contributed by atoms with Crippen molar-refractivity contribution >= 4 is 22.5 Å². The molecule has 1 aromatic carbocycles. The highest BCUT2D eigenvalue weighted by molar-refractivity contribution is 5.97. The van der Waals surface area contributed by atoms with Crippen LogP contribution in [0.3, 0.4) is 0 Å². The second-order valence-corrected chi connectivity index (χ2v) is 10.0. The van der Waals surface area contributed by atoms with Gasteiger partial charge in [0.1, 0.15) is 22.8 Å². The summed E-state index contributed by atoms with van der Waals surface area (Å²) in [6.07, 6.45) is 3.80. The largest absolute Gasteiger partial charge is 0.496 e. The summed E-state index contributed by atoms with van der Waals surface area (Å²) in [7, 11) is 1.57. The molecule has 7 nitrogen and oxygen atoms in total. The van der Waals surface area contributed by atoms with Crippen molar-refractivity contribution in [2.75, 3.05) is 20.2 Å². The van der Waals surface area contributed by atoms with E-state index in [9.17, 15) is 9.18 Å². The summed E-state index contributed by atoms with van der Waals surface area (Å²) in [4.78, 5) is 22.9. The number of rotatable bonds is 4. The summed E-state index contributed by atoms with van der Waals surface area (Å²) in [6, 6.07) is 8.38. The summed E-state index contributed by atoms with van der Waals surface area (Å²) >= 11 is 0. The first-order valence-corrected chi connectivity index (χ1v) is 11.8.